The second-order valence-corrected chi connectivity index (χ2v) is 7.41. The summed E-state index contributed by atoms with van der Waals surface area (Å²) < 4.78 is 10.5. The number of anilines is 1. The van der Waals surface area contributed by atoms with Gasteiger partial charge in [0, 0.05) is 42.2 Å². The molecule has 8 nitrogen and oxygen atoms in total. The Morgan fingerprint density at radius 3 is 2.87 bits per heavy atom. The fourth-order valence-corrected chi connectivity index (χ4v) is 3.68. The number of rotatable bonds is 5. The van der Waals surface area contributed by atoms with Gasteiger partial charge in [-0.1, -0.05) is 30.3 Å². The van der Waals surface area contributed by atoms with Gasteiger partial charge in [-0.2, -0.15) is 0 Å². The molecular formula is C22H24N4O4. The van der Waals surface area contributed by atoms with Crippen molar-refractivity contribution in [2.45, 2.75) is 39.8 Å². The minimum Gasteiger partial charge on any atom is -0.449 e. The van der Waals surface area contributed by atoms with Crippen LogP contribution in [0, 0.1) is 6.92 Å². The number of likely N-dealkylation sites (N-methyl/N-ethyl adjacent to an activating group) is 1. The van der Waals surface area contributed by atoms with Crippen molar-refractivity contribution in [2.24, 2.45) is 0 Å². The quantitative estimate of drug-likeness (QED) is 0.648. The Labute approximate surface area is 174 Å². The lowest BCUT2D eigenvalue weighted by molar-refractivity contribution is -0.123. The number of hydrogen-bond donors (Lipinski definition) is 1. The molecule has 1 aromatic carbocycles. The van der Waals surface area contributed by atoms with Crippen LogP contribution in [0.2, 0.25) is 0 Å². The lowest BCUT2D eigenvalue weighted by Crippen LogP contribution is -2.34. The number of fused-ring (bicyclic) bond motifs is 2. The molecule has 1 aliphatic rings. The first kappa shape index (κ1) is 20.0. The number of aromatic nitrogens is 2. The van der Waals surface area contributed by atoms with E-state index in [1.54, 1.807) is 13.0 Å². The summed E-state index contributed by atoms with van der Waals surface area (Å²) in [4.78, 5) is 32.7. The second kappa shape index (κ2) is 8.23. The minimum absolute atomic E-state index is 0.283. The molecule has 0 radical (unpaired) electrons. The van der Waals surface area contributed by atoms with Gasteiger partial charge < -0.3 is 14.6 Å². The van der Waals surface area contributed by atoms with Gasteiger partial charge in [0.05, 0.1) is 11.1 Å². The van der Waals surface area contributed by atoms with Gasteiger partial charge in [-0.3, -0.25) is 14.7 Å². The third-order valence-corrected chi connectivity index (χ3v) is 5.31. The van der Waals surface area contributed by atoms with Crippen molar-refractivity contribution in [2.75, 3.05) is 18.4 Å². The predicted molar refractivity (Wildman–Crippen MR) is 111 cm³/mol. The number of benzene rings is 1. The number of ether oxygens (including phenoxy) is 1. The molecule has 3 heterocycles. The molecule has 0 bridgehead atoms. The van der Waals surface area contributed by atoms with Gasteiger partial charge in [0.1, 0.15) is 5.76 Å². The van der Waals surface area contributed by atoms with E-state index in [1.807, 2.05) is 24.3 Å². The third kappa shape index (κ3) is 3.91. The van der Waals surface area contributed by atoms with E-state index in [0.717, 1.165) is 41.7 Å². The lowest BCUT2D eigenvalue weighted by atomic mass is 9.95. The number of carbonyl (C=O) groups is 2. The van der Waals surface area contributed by atoms with Gasteiger partial charge >= 0.3 is 5.97 Å². The van der Waals surface area contributed by atoms with Crippen molar-refractivity contribution in [3.8, 4) is 0 Å². The summed E-state index contributed by atoms with van der Waals surface area (Å²) in [7, 11) is 0. The highest BCUT2D eigenvalue weighted by molar-refractivity contribution is 6.06. The minimum atomic E-state index is -0.997. The molecular weight excluding hydrogens is 384 g/mol. The van der Waals surface area contributed by atoms with E-state index in [9.17, 15) is 9.59 Å². The molecule has 1 atom stereocenters. The van der Waals surface area contributed by atoms with Crippen LogP contribution in [0.15, 0.2) is 34.9 Å². The molecule has 0 fully saturated rings. The largest absolute Gasteiger partial charge is 0.449 e. The lowest BCUT2D eigenvalue weighted by Gasteiger charge is -2.29. The van der Waals surface area contributed by atoms with Crippen molar-refractivity contribution < 1.29 is 18.8 Å². The van der Waals surface area contributed by atoms with Crippen LogP contribution in [-0.4, -0.2) is 46.1 Å². The van der Waals surface area contributed by atoms with Crippen molar-refractivity contribution in [3.05, 3.63) is 52.9 Å². The van der Waals surface area contributed by atoms with Crippen molar-refractivity contribution in [1.29, 1.82) is 0 Å². The number of amides is 1. The number of esters is 1. The van der Waals surface area contributed by atoms with E-state index in [1.165, 1.54) is 6.92 Å². The topological polar surface area (TPSA) is 97.6 Å². The number of carbonyl (C=O) groups excluding carboxylic acids is 2. The van der Waals surface area contributed by atoms with Crippen LogP contribution in [0.25, 0.3) is 10.9 Å². The van der Waals surface area contributed by atoms with Gasteiger partial charge in [0.2, 0.25) is 0 Å². The van der Waals surface area contributed by atoms with Crippen molar-refractivity contribution in [1.82, 2.24) is 15.0 Å². The SMILES string of the molecule is CCN1CCc2nc3ccccc3c(C(=O)OC(C)C(=O)Nc3cc(C)on3)c2C1. The molecule has 4 rings (SSSR count). The van der Waals surface area contributed by atoms with Crippen LogP contribution in [0.3, 0.4) is 0 Å². The molecule has 30 heavy (non-hydrogen) atoms. The summed E-state index contributed by atoms with van der Waals surface area (Å²) in [5.74, 6) is -0.142. The average Bonchev–Trinajstić information content (AvgIpc) is 3.15. The van der Waals surface area contributed by atoms with Crippen LogP contribution in [0.5, 0.6) is 0 Å². The molecule has 1 aliphatic heterocycles. The van der Waals surface area contributed by atoms with Crippen molar-refractivity contribution >= 4 is 28.6 Å². The van der Waals surface area contributed by atoms with Crippen molar-refractivity contribution in [3.63, 3.8) is 0 Å². The fraction of sp³-hybridized carbons (Fsp3) is 0.364. The number of hydrogen-bond acceptors (Lipinski definition) is 7. The van der Waals surface area contributed by atoms with E-state index >= 15 is 0 Å². The first-order chi connectivity index (χ1) is 14.5. The van der Waals surface area contributed by atoms with E-state index in [4.69, 9.17) is 14.2 Å². The molecule has 0 spiro atoms. The molecule has 156 valence electrons. The zero-order chi connectivity index (χ0) is 21.3. The molecule has 0 aliphatic carbocycles. The Morgan fingerprint density at radius 1 is 1.33 bits per heavy atom. The zero-order valence-electron chi connectivity index (χ0n) is 17.3. The monoisotopic (exact) mass is 408 g/mol. The predicted octanol–water partition coefficient (Wildman–Crippen LogP) is 3.09. The summed E-state index contributed by atoms with van der Waals surface area (Å²) in [6, 6.07) is 9.12. The summed E-state index contributed by atoms with van der Waals surface area (Å²) in [5, 5.41) is 7.06. The standard InChI is InChI=1S/C22H24N4O4/c1-4-26-10-9-18-16(12-26)20(15-7-5-6-8-17(15)23-18)22(28)29-14(3)21(27)24-19-11-13(2)30-25-19/h5-8,11,14H,4,9-10,12H2,1-3H3,(H,24,25,27). The normalized spacial score (nSPS) is 14.9. The van der Waals surface area contributed by atoms with Gasteiger partial charge in [0.25, 0.3) is 5.91 Å². The Kier molecular flexibility index (Phi) is 5.50. The second-order valence-electron chi connectivity index (χ2n) is 7.41. The number of nitrogens with zero attached hydrogens (tertiary/aromatic N) is 3. The van der Waals surface area contributed by atoms with Crippen LogP contribution in [-0.2, 0) is 22.5 Å². The van der Waals surface area contributed by atoms with E-state index < -0.39 is 18.0 Å². The molecule has 1 N–H and O–H groups in total. The Balaban J connectivity index is 1.62. The highest BCUT2D eigenvalue weighted by Crippen LogP contribution is 2.29. The molecule has 0 saturated heterocycles. The summed E-state index contributed by atoms with van der Waals surface area (Å²) in [6.07, 6.45) is -0.224. The summed E-state index contributed by atoms with van der Waals surface area (Å²) in [6.45, 7) is 7.77. The van der Waals surface area contributed by atoms with E-state index in [-0.39, 0.29) is 5.82 Å². The molecule has 0 saturated carbocycles. The Bertz CT molecular complexity index is 1110. The van der Waals surface area contributed by atoms with Crippen LogP contribution in [0.1, 0.15) is 41.2 Å². The fourth-order valence-electron chi connectivity index (χ4n) is 3.68. The van der Waals surface area contributed by atoms with Gasteiger partial charge in [-0.05, 0) is 26.5 Å². The van der Waals surface area contributed by atoms with Crippen LogP contribution < -0.4 is 5.32 Å². The summed E-state index contributed by atoms with van der Waals surface area (Å²) >= 11 is 0. The van der Waals surface area contributed by atoms with E-state index in [0.29, 0.717) is 17.9 Å². The number of para-hydroxylation sites is 1. The van der Waals surface area contributed by atoms with Gasteiger partial charge in [-0.15, -0.1) is 0 Å². The van der Waals surface area contributed by atoms with Gasteiger partial charge in [-0.25, -0.2) is 4.79 Å². The highest BCUT2D eigenvalue weighted by atomic mass is 16.5. The average molecular weight is 408 g/mol. The molecule has 8 heteroatoms. The summed E-state index contributed by atoms with van der Waals surface area (Å²) in [5.41, 5.74) is 3.04. The first-order valence-corrected chi connectivity index (χ1v) is 10.0. The van der Waals surface area contributed by atoms with Gasteiger partial charge in [0.15, 0.2) is 11.9 Å². The molecule has 3 aromatic rings. The maximum atomic E-state index is 13.2. The number of nitrogens with one attached hydrogen (secondary N) is 1. The number of aryl methyl sites for hydroxylation is 1. The van der Waals surface area contributed by atoms with E-state index in [2.05, 4.69) is 22.3 Å². The molecule has 1 amide bonds. The molecule has 1 unspecified atom stereocenters. The maximum Gasteiger partial charge on any atom is 0.339 e. The Hall–Kier alpha value is -3.26. The zero-order valence-corrected chi connectivity index (χ0v) is 17.3. The smallest absolute Gasteiger partial charge is 0.339 e. The third-order valence-electron chi connectivity index (χ3n) is 5.31. The van der Waals surface area contributed by atoms with Crippen LogP contribution in [0.4, 0.5) is 5.82 Å². The molecule has 2 aromatic heterocycles. The Morgan fingerprint density at radius 2 is 2.13 bits per heavy atom. The number of pyridine rings is 1. The maximum absolute atomic E-state index is 13.2. The van der Waals surface area contributed by atoms with Crippen LogP contribution >= 0.6 is 0 Å². The first-order valence-electron chi connectivity index (χ1n) is 10.0. The highest BCUT2D eigenvalue weighted by Gasteiger charge is 2.28.